The highest BCUT2D eigenvalue weighted by molar-refractivity contribution is 6.32. The number of carbonyl (C=O) groups excluding carboxylic acids is 2. The van der Waals surface area contributed by atoms with E-state index in [4.69, 9.17) is 11.6 Å². The SMILES string of the molecule is Cc1ccc(C(=O)C2C(=N)N(c3ccc(C)c(Cl)c3)C3=C(C(=O)CCC3)C2c2ccccc2)cc1. The van der Waals surface area contributed by atoms with E-state index in [1.54, 1.807) is 4.90 Å². The summed E-state index contributed by atoms with van der Waals surface area (Å²) in [5.41, 5.74) is 5.59. The summed E-state index contributed by atoms with van der Waals surface area (Å²) in [7, 11) is 0. The molecule has 0 bridgehead atoms. The van der Waals surface area contributed by atoms with E-state index >= 15 is 0 Å². The minimum atomic E-state index is -0.832. The van der Waals surface area contributed by atoms with Gasteiger partial charge in [0.25, 0.3) is 0 Å². The fourth-order valence-electron chi connectivity index (χ4n) is 5.25. The van der Waals surface area contributed by atoms with Gasteiger partial charge in [0.15, 0.2) is 11.6 Å². The van der Waals surface area contributed by atoms with Gasteiger partial charge in [0, 0.05) is 39.9 Å². The number of amidine groups is 1. The third-order valence-electron chi connectivity index (χ3n) is 7.07. The fourth-order valence-corrected chi connectivity index (χ4v) is 5.42. The van der Waals surface area contributed by atoms with Crippen LogP contribution in [0.4, 0.5) is 5.69 Å². The number of Topliss-reactive ketones (excluding diaryl/α,β-unsaturated/α-hetero) is 2. The van der Waals surface area contributed by atoms with Crippen molar-refractivity contribution in [2.75, 3.05) is 4.90 Å². The Morgan fingerprint density at radius 3 is 2.37 bits per heavy atom. The molecule has 2 aliphatic rings. The first-order valence-electron chi connectivity index (χ1n) is 11.9. The van der Waals surface area contributed by atoms with Crippen LogP contribution in [0.2, 0.25) is 5.02 Å². The van der Waals surface area contributed by atoms with E-state index in [0.29, 0.717) is 34.7 Å². The highest BCUT2D eigenvalue weighted by Gasteiger charge is 2.47. The molecule has 1 aliphatic carbocycles. The predicted octanol–water partition coefficient (Wildman–Crippen LogP) is 7.04. The van der Waals surface area contributed by atoms with Crippen molar-refractivity contribution in [2.24, 2.45) is 5.92 Å². The summed E-state index contributed by atoms with van der Waals surface area (Å²) in [6.45, 7) is 3.90. The Labute approximate surface area is 210 Å². The van der Waals surface area contributed by atoms with Crippen LogP contribution < -0.4 is 4.90 Å². The summed E-state index contributed by atoms with van der Waals surface area (Å²) in [5.74, 6) is -1.26. The minimum absolute atomic E-state index is 0.0533. The molecule has 0 amide bonds. The topological polar surface area (TPSA) is 61.2 Å². The van der Waals surface area contributed by atoms with Crippen LogP contribution in [0.3, 0.4) is 0 Å². The van der Waals surface area contributed by atoms with Crippen LogP contribution in [0.5, 0.6) is 0 Å². The number of hydrogen-bond acceptors (Lipinski definition) is 3. The Hall–Kier alpha value is -3.50. The zero-order chi connectivity index (χ0) is 24.7. The average molecular weight is 483 g/mol. The van der Waals surface area contributed by atoms with Gasteiger partial charge in [-0.2, -0.15) is 0 Å². The molecule has 3 aromatic rings. The molecular weight excluding hydrogens is 456 g/mol. The summed E-state index contributed by atoms with van der Waals surface area (Å²) in [5, 5.41) is 9.96. The van der Waals surface area contributed by atoms with E-state index < -0.39 is 11.8 Å². The number of hydrogen-bond donors (Lipinski definition) is 1. The Morgan fingerprint density at radius 2 is 1.69 bits per heavy atom. The molecule has 1 aliphatic heterocycles. The zero-order valence-corrected chi connectivity index (χ0v) is 20.6. The first-order chi connectivity index (χ1) is 16.9. The monoisotopic (exact) mass is 482 g/mol. The standard InChI is InChI=1S/C30H27ClN2O2/c1-18-11-14-21(15-12-18)29(35)28-26(20-7-4-3-5-8-20)27-24(9-6-10-25(27)34)33(30(28)32)22-16-13-19(2)23(31)17-22/h3-5,7-8,11-17,26,28,32H,6,9-10H2,1-2H3. The lowest BCUT2D eigenvalue weighted by atomic mass is 9.69. The Kier molecular flexibility index (Phi) is 6.16. The van der Waals surface area contributed by atoms with Crippen molar-refractivity contribution in [1.29, 1.82) is 5.41 Å². The number of aryl methyl sites for hydroxylation is 2. The van der Waals surface area contributed by atoms with Crippen molar-refractivity contribution in [3.05, 3.63) is 111 Å². The van der Waals surface area contributed by atoms with Gasteiger partial charge in [0.05, 0.1) is 5.92 Å². The highest BCUT2D eigenvalue weighted by Crippen LogP contribution is 2.47. The highest BCUT2D eigenvalue weighted by atomic mass is 35.5. The van der Waals surface area contributed by atoms with Gasteiger partial charge in [0.2, 0.25) is 0 Å². The summed E-state index contributed by atoms with van der Waals surface area (Å²) >= 11 is 6.47. The first kappa shape index (κ1) is 23.3. The lowest BCUT2D eigenvalue weighted by Crippen LogP contribution is -2.49. The molecule has 3 aromatic carbocycles. The molecule has 2 unspecified atom stereocenters. The van der Waals surface area contributed by atoms with E-state index in [1.807, 2.05) is 86.6 Å². The van der Waals surface area contributed by atoms with E-state index in [9.17, 15) is 15.0 Å². The summed E-state index contributed by atoms with van der Waals surface area (Å²) in [6.07, 6.45) is 1.84. The third-order valence-corrected chi connectivity index (χ3v) is 7.48. The van der Waals surface area contributed by atoms with Crippen LogP contribution in [0, 0.1) is 25.2 Å². The number of nitrogens with one attached hydrogen (secondary N) is 1. The Morgan fingerprint density at radius 1 is 0.971 bits per heavy atom. The molecule has 0 radical (unpaired) electrons. The number of benzene rings is 3. The van der Waals surface area contributed by atoms with Gasteiger partial charge in [-0.05, 0) is 49.9 Å². The third kappa shape index (κ3) is 4.12. The van der Waals surface area contributed by atoms with Crippen molar-refractivity contribution < 1.29 is 9.59 Å². The average Bonchev–Trinajstić information content (AvgIpc) is 2.86. The van der Waals surface area contributed by atoms with Crippen LogP contribution in [0.1, 0.15) is 52.2 Å². The summed E-state index contributed by atoms with van der Waals surface area (Å²) in [6, 6.07) is 22.8. The van der Waals surface area contributed by atoms with E-state index in [-0.39, 0.29) is 17.4 Å². The van der Waals surface area contributed by atoms with E-state index in [0.717, 1.165) is 28.8 Å². The lowest BCUT2D eigenvalue weighted by Gasteiger charge is -2.44. The summed E-state index contributed by atoms with van der Waals surface area (Å²) in [4.78, 5) is 29.3. The van der Waals surface area contributed by atoms with Gasteiger partial charge in [-0.25, -0.2) is 0 Å². The van der Waals surface area contributed by atoms with Gasteiger partial charge in [-0.15, -0.1) is 0 Å². The molecule has 2 atom stereocenters. The molecule has 4 nitrogen and oxygen atoms in total. The van der Waals surface area contributed by atoms with E-state index in [1.165, 1.54) is 0 Å². The van der Waals surface area contributed by atoms with Gasteiger partial charge < -0.3 is 4.90 Å². The maximum Gasteiger partial charge on any atom is 0.174 e. The molecule has 0 fully saturated rings. The van der Waals surface area contributed by atoms with Gasteiger partial charge in [-0.1, -0.05) is 77.8 Å². The lowest BCUT2D eigenvalue weighted by molar-refractivity contribution is -0.116. The smallest absolute Gasteiger partial charge is 0.174 e. The Bertz CT molecular complexity index is 1360. The van der Waals surface area contributed by atoms with Crippen LogP contribution >= 0.6 is 11.6 Å². The molecule has 1 heterocycles. The molecule has 176 valence electrons. The number of halogens is 1. The maximum absolute atomic E-state index is 14.1. The van der Waals surface area contributed by atoms with Crippen LogP contribution in [-0.4, -0.2) is 17.4 Å². The molecule has 5 rings (SSSR count). The van der Waals surface area contributed by atoms with Gasteiger partial charge in [-0.3, -0.25) is 15.0 Å². The predicted molar refractivity (Wildman–Crippen MR) is 140 cm³/mol. The molecule has 0 saturated carbocycles. The van der Waals surface area contributed by atoms with Crippen molar-refractivity contribution in [3.8, 4) is 0 Å². The maximum atomic E-state index is 14.1. The number of ketones is 2. The molecular formula is C30H27ClN2O2. The van der Waals surface area contributed by atoms with Crippen LogP contribution in [0.15, 0.2) is 84.1 Å². The fraction of sp³-hybridized carbons (Fsp3) is 0.233. The van der Waals surface area contributed by atoms with Crippen LogP contribution in [0.25, 0.3) is 0 Å². The molecule has 0 aromatic heterocycles. The van der Waals surface area contributed by atoms with Crippen LogP contribution in [-0.2, 0) is 4.79 Å². The number of anilines is 1. The van der Waals surface area contributed by atoms with Crippen molar-refractivity contribution in [1.82, 2.24) is 0 Å². The van der Waals surface area contributed by atoms with Gasteiger partial charge >= 0.3 is 0 Å². The van der Waals surface area contributed by atoms with Crippen molar-refractivity contribution >= 4 is 34.7 Å². The second kappa shape index (κ2) is 9.27. The molecule has 5 heteroatoms. The number of allylic oxidation sites excluding steroid dienone is 2. The van der Waals surface area contributed by atoms with Crippen molar-refractivity contribution in [2.45, 2.75) is 39.0 Å². The largest absolute Gasteiger partial charge is 0.302 e. The normalized spacial score (nSPS) is 20.1. The van der Waals surface area contributed by atoms with E-state index in [2.05, 4.69) is 0 Å². The summed E-state index contributed by atoms with van der Waals surface area (Å²) < 4.78 is 0. The number of rotatable bonds is 4. The zero-order valence-electron chi connectivity index (χ0n) is 19.8. The van der Waals surface area contributed by atoms with Crippen molar-refractivity contribution in [3.63, 3.8) is 0 Å². The molecule has 0 spiro atoms. The second-order valence-corrected chi connectivity index (χ2v) is 9.79. The minimum Gasteiger partial charge on any atom is -0.302 e. The Balaban J connectivity index is 1.75. The second-order valence-electron chi connectivity index (χ2n) is 9.39. The molecule has 1 N–H and O–H groups in total. The number of nitrogens with zero attached hydrogens (tertiary/aromatic N) is 1. The number of carbonyl (C=O) groups is 2. The molecule has 35 heavy (non-hydrogen) atoms. The van der Waals surface area contributed by atoms with Gasteiger partial charge in [0.1, 0.15) is 5.84 Å². The quantitative estimate of drug-likeness (QED) is 0.405. The molecule has 0 saturated heterocycles. The first-order valence-corrected chi connectivity index (χ1v) is 12.3.